The van der Waals surface area contributed by atoms with Gasteiger partial charge in [-0.05, 0) is 23.8 Å². The van der Waals surface area contributed by atoms with E-state index < -0.39 is 0 Å². The molecule has 0 saturated heterocycles. The highest BCUT2D eigenvalue weighted by Crippen LogP contribution is 2.12. The molecule has 1 aromatic carbocycles. The van der Waals surface area contributed by atoms with Gasteiger partial charge in [0.2, 0.25) is 0 Å². The number of nitrogens with zero attached hydrogens (tertiary/aromatic N) is 2. The molecule has 0 bridgehead atoms. The maximum Gasteiger partial charge on any atom is 0.144 e. The number of aromatic nitrogens is 2. The van der Waals surface area contributed by atoms with Crippen LogP contribution in [0.5, 0.6) is 5.75 Å². The second kappa shape index (κ2) is 5.97. The Balaban J connectivity index is 1.88. The molecule has 2 aromatic rings. The predicted molar refractivity (Wildman–Crippen MR) is 70.0 cm³/mol. The normalized spacial score (nSPS) is 10.3. The highest BCUT2D eigenvalue weighted by Gasteiger charge is 1.98. The van der Waals surface area contributed by atoms with Crippen molar-refractivity contribution in [2.45, 2.75) is 13.1 Å². The van der Waals surface area contributed by atoms with Crippen LogP contribution in [-0.4, -0.2) is 17.1 Å². The van der Waals surface area contributed by atoms with Crippen molar-refractivity contribution >= 4 is 5.82 Å². The Labute approximate surface area is 106 Å². The third kappa shape index (κ3) is 3.43. The average Bonchev–Trinajstić information content (AvgIpc) is 2.39. The van der Waals surface area contributed by atoms with Gasteiger partial charge in [0.1, 0.15) is 17.4 Å². The fraction of sp³-hybridized carbons (Fsp3) is 0.231. The SMILES string of the molecule is COc1cccc(CNCc2nccc(N)n2)c1. The van der Waals surface area contributed by atoms with Crippen LogP contribution in [0.15, 0.2) is 36.5 Å². The summed E-state index contributed by atoms with van der Waals surface area (Å²) in [4.78, 5) is 8.24. The Morgan fingerprint density at radius 1 is 1.28 bits per heavy atom. The van der Waals surface area contributed by atoms with Gasteiger partial charge >= 0.3 is 0 Å². The van der Waals surface area contributed by atoms with Crippen molar-refractivity contribution in [3.8, 4) is 5.75 Å². The summed E-state index contributed by atoms with van der Waals surface area (Å²) in [5, 5.41) is 3.26. The zero-order valence-corrected chi connectivity index (χ0v) is 10.3. The lowest BCUT2D eigenvalue weighted by atomic mass is 10.2. The second-order valence-corrected chi connectivity index (χ2v) is 3.85. The van der Waals surface area contributed by atoms with Gasteiger partial charge in [-0.3, -0.25) is 0 Å². The number of nitrogens with two attached hydrogens (primary N) is 1. The van der Waals surface area contributed by atoms with Crippen LogP contribution in [0.1, 0.15) is 11.4 Å². The smallest absolute Gasteiger partial charge is 0.144 e. The second-order valence-electron chi connectivity index (χ2n) is 3.85. The lowest BCUT2D eigenvalue weighted by molar-refractivity contribution is 0.414. The Morgan fingerprint density at radius 3 is 2.94 bits per heavy atom. The van der Waals surface area contributed by atoms with Crippen molar-refractivity contribution in [2.75, 3.05) is 12.8 Å². The Morgan fingerprint density at radius 2 is 2.17 bits per heavy atom. The first-order valence-electron chi connectivity index (χ1n) is 5.69. The first kappa shape index (κ1) is 12.3. The molecule has 0 radical (unpaired) electrons. The van der Waals surface area contributed by atoms with Gasteiger partial charge in [-0.25, -0.2) is 9.97 Å². The molecule has 5 nitrogen and oxygen atoms in total. The molecule has 0 aliphatic rings. The summed E-state index contributed by atoms with van der Waals surface area (Å²) < 4.78 is 5.17. The van der Waals surface area contributed by atoms with E-state index in [1.54, 1.807) is 19.4 Å². The van der Waals surface area contributed by atoms with E-state index in [4.69, 9.17) is 10.5 Å². The monoisotopic (exact) mass is 244 g/mol. The maximum absolute atomic E-state index is 5.58. The lowest BCUT2D eigenvalue weighted by Crippen LogP contribution is -2.15. The van der Waals surface area contributed by atoms with Gasteiger partial charge in [-0.2, -0.15) is 0 Å². The Bertz CT molecular complexity index is 516. The molecule has 0 aliphatic heterocycles. The van der Waals surface area contributed by atoms with Crippen LogP contribution in [-0.2, 0) is 13.1 Å². The summed E-state index contributed by atoms with van der Waals surface area (Å²) in [6.45, 7) is 1.32. The molecule has 0 aliphatic carbocycles. The predicted octanol–water partition coefficient (Wildman–Crippen LogP) is 1.36. The van der Waals surface area contributed by atoms with E-state index in [0.29, 0.717) is 18.2 Å². The molecule has 3 N–H and O–H groups in total. The first-order chi connectivity index (χ1) is 8.78. The summed E-state index contributed by atoms with van der Waals surface area (Å²) >= 11 is 0. The van der Waals surface area contributed by atoms with Crippen molar-refractivity contribution < 1.29 is 4.74 Å². The van der Waals surface area contributed by atoms with Gasteiger partial charge in [-0.15, -0.1) is 0 Å². The number of methoxy groups -OCH3 is 1. The molecule has 18 heavy (non-hydrogen) atoms. The molecule has 0 atom stereocenters. The van der Waals surface area contributed by atoms with Gasteiger partial charge in [0.05, 0.1) is 13.7 Å². The van der Waals surface area contributed by atoms with Crippen LogP contribution < -0.4 is 15.8 Å². The third-order valence-electron chi connectivity index (χ3n) is 2.47. The van der Waals surface area contributed by atoms with Crippen LogP contribution in [0.25, 0.3) is 0 Å². The molecule has 1 heterocycles. The van der Waals surface area contributed by atoms with Crippen LogP contribution in [0, 0.1) is 0 Å². The van der Waals surface area contributed by atoms with Crippen molar-refractivity contribution in [1.82, 2.24) is 15.3 Å². The maximum atomic E-state index is 5.58. The number of benzene rings is 1. The highest BCUT2D eigenvalue weighted by molar-refractivity contribution is 5.28. The lowest BCUT2D eigenvalue weighted by Gasteiger charge is -2.06. The summed E-state index contributed by atoms with van der Waals surface area (Å²) in [6, 6.07) is 9.59. The van der Waals surface area contributed by atoms with E-state index in [9.17, 15) is 0 Å². The number of anilines is 1. The zero-order chi connectivity index (χ0) is 12.8. The molecule has 0 spiro atoms. The highest BCUT2D eigenvalue weighted by atomic mass is 16.5. The topological polar surface area (TPSA) is 73.1 Å². The fourth-order valence-electron chi connectivity index (χ4n) is 1.60. The van der Waals surface area contributed by atoms with Crippen LogP contribution >= 0.6 is 0 Å². The van der Waals surface area contributed by atoms with E-state index in [-0.39, 0.29) is 0 Å². The summed E-state index contributed by atoms with van der Waals surface area (Å²) in [6.07, 6.45) is 1.66. The van der Waals surface area contributed by atoms with Crippen LogP contribution in [0.4, 0.5) is 5.82 Å². The van der Waals surface area contributed by atoms with Gasteiger partial charge < -0.3 is 15.8 Å². The van der Waals surface area contributed by atoms with Crippen molar-refractivity contribution in [3.05, 3.63) is 47.9 Å². The number of hydrogen-bond acceptors (Lipinski definition) is 5. The molecule has 0 amide bonds. The average molecular weight is 244 g/mol. The standard InChI is InChI=1S/C13H16N4O/c1-18-11-4-2-3-10(7-11)8-15-9-13-16-6-5-12(14)17-13/h2-7,15H,8-9H2,1H3,(H2,14,16,17). The Hall–Kier alpha value is -2.14. The fourth-order valence-corrected chi connectivity index (χ4v) is 1.60. The largest absolute Gasteiger partial charge is 0.497 e. The minimum absolute atomic E-state index is 0.489. The van der Waals surface area contributed by atoms with Crippen molar-refractivity contribution in [1.29, 1.82) is 0 Å². The first-order valence-corrected chi connectivity index (χ1v) is 5.69. The molecule has 0 fully saturated rings. The molecule has 0 saturated carbocycles. The number of nitrogens with one attached hydrogen (secondary N) is 1. The molecule has 2 rings (SSSR count). The number of rotatable bonds is 5. The van der Waals surface area contributed by atoms with E-state index in [1.165, 1.54) is 0 Å². The third-order valence-corrected chi connectivity index (χ3v) is 2.47. The zero-order valence-electron chi connectivity index (χ0n) is 10.3. The number of ether oxygens (including phenoxy) is 1. The van der Waals surface area contributed by atoms with Crippen LogP contribution in [0.2, 0.25) is 0 Å². The molecule has 94 valence electrons. The van der Waals surface area contributed by atoms with E-state index in [0.717, 1.165) is 17.9 Å². The number of nitrogen functional groups attached to an aromatic ring is 1. The van der Waals surface area contributed by atoms with Gasteiger partial charge in [0, 0.05) is 12.7 Å². The minimum Gasteiger partial charge on any atom is -0.497 e. The molecule has 5 heteroatoms. The molecular formula is C13H16N4O. The summed E-state index contributed by atoms with van der Waals surface area (Å²) in [7, 11) is 1.66. The van der Waals surface area contributed by atoms with E-state index in [2.05, 4.69) is 15.3 Å². The van der Waals surface area contributed by atoms with Crippen molar-refractivity contribution in [3.63, 3.8) is 0 Å². The molecule has 0 unspecified atom stereocenters. The molecular weight excluding hydrogens is 228 g/mol. The van der Waals surface area contributed by atoms with E-state index in [1.807, 2.05) is 24.3 Å². The van der Waals surface area contributed by atoms with Gasteiger partial charge in [0.25, 0.3) is 0 Å². The van der Waals surface area contributed by atoms with Gasteiger partial charge in [-0.1, -0.05) is 12.1 Å². The number of hydrogen-bond donors (Lipinski definition) is 2. The van der Waals surface area contributed by atoms with Crippen LogP contribution in [0.3, 0.4) is 0 Å². The Kier molecular flexibility index (Phi) is 4.09. The van der Waals surface area contributed by atoms with Gasteiger partial charge in [0.15, 0.2) is 0 Å². The quantitative estimate of drug-likeness (QED) is 0.830. The minimum atomic E-state index is 0.489. The summed E-state index contributed by atoms with van der Waals surface area (Å²) in [5.74, 6) is 2.04. The molecule has 1 aromatic heterocycles. The van der Waals surface area contributed by atoms with Crippen molar-refractivity contribution in [2.24, 2.45) is 0 Å². The van der Waals surface area contributed by atoms with E-state index >= 15 is 0 Å². The summed E-state index contributed by atoms with van der Waals surface area (Å²) in [5.41, 5.74) is 6.74.